The normalized spacial score (nSPS) is 10.2. The monoisotopic (exact) mass is 343 g/mol. The quantitative estimate of drug-likeness (QED) is 0.654. The first-order valence-electron chi connectivity index (χ1n) is 8.51. The van der Waals surface area contributed by atoms with Gasteiger partial charge in [0.05, 0.1) is 20.3 Å². The van der Waals surface area contributed by atoms with Gasteiger partial charge in [-0.05, 0) is 61.4 Å². The fourth-order valence-corrected chi connectivity index (χ4v) is 2.17. The number of nitrogens with one attached hydrogen (secondary N) is 1. The summed E-state index contributed by atoms with van der Waals surface area (Å²) < 4.78 is 16.2. The summed E-state index contributed by atoms with van der Waals surface area (Å²) in [5, 5.41) is 2.87. The van der Waals surface area contributed by atoms with Crippen LogP contribution in [0.2, 0.25) is 0 Å². The van der Waals surface area contributed by atoms with Gasteiger partial charge in [-0.15, -0.1) is 0 Å². The van der Waals surface area contributed by atoms with Gasteiger partial charge in [0, 0.05) is 12.1 Å². The van der Waals surface area contributed by atoms with Crippen LogP contribution in [0.15, 0.2) is 48.5 Å². The summed E-state index contributed by atoms with van der Waals surface area (Å²) >= 11 is 0. The lowest BCUT2D eigenvalue weighted by molar-refractivity contribution is -0.116. The molecule has 0 fully saturated rings. The first-order valence-corrected chi connectivity index (χ1v) is 8.51. The molecule has 0 aliphatic carbocycles. The Bertz CT molecular complexity index is 638. The van der Waals surface area contributed by atoms with Gasteiger partial charge in [0.25, 0.3) is 0 Å². The summed E-state index contributed by atoms with van der Waals surface area (Å²) in [5.41, 5.74) is 0.768. The minimum atomic E-state index is -0.0273. The van der Waals surface area contributed by atoms with Crippen LogP contribution >= 0.6 is 0 Å². The van der Waals surface area contributed by atoms with E-state index in [2.05, 4.69) is 12.2 Å². The molecule has 2 rings (SSSR count). The highest BCUT2D eigenvalue weighted by Gasteiger charge is 2.03. The van der Waals surface area contributed by atoms with Crippen molar-refractivity contribution < 1.29 is 19.0 Å². The summed E-state index contributed by atoms with van der Waals surface area (Å²) in [5.74, 6) is 2.34. The minimum absolute atomic E-state index is 0.0273. The molecule has 25 heavy (non-hydrogen) atoms. The van der Waals surface area contributed by atoms with Gasteiger partial charge < -0.3 is 19.5 Å². The maximum Gasteiger partial charge on any atom is 0.224 e. The number of amides is 1. The second-order valence-corrected chi connectivity index (χ2v) is 5.55. The van der Waals surface area contributed by atoms with Crippen LogP contribution in [0.4, 0.5) is 5.69 Å². The van der Waals surface area contributed by atoms with Crippen molar-refractivity contribution in [3.05, 3.63) is 48.5 Å². The zero-order valence-corrected chi connectivity index (χ0v) is 14.8. The van der Waals surface area contributed by atoms with E-state index in [0.717, 1.165) is 29.4 Å². The van der Waals surface area contributed by atoms with Crippen molar-refractivity contribution in [2.45, 2.75) is 26.2 Å². The number of carbonyl (C=O) groups is 1. The zero-order valence-electron chi connectivity index (χ0n) is 14.8. The Hall–Kier alpha value is -2.69. The van der Waals surface area contributed by atoms with Crippen molar-refractivity contribution in [3.8, 4) is 17.2 Å². The number of anilines is 1. The third-order valence-corrected chi connectivity index (χ3v) is 3.49. The molecule has 1 amide bonds. The predicted octanol–water partition coefficient (Wildman–Crippen LogP) is 4.28. The van der Waals surface area contributed by atoms with Crippen molar-refractivity contribution in [2.75, 3.05) is 25.6 Å². The van der Waals surface area contributed by atoms with Crippen LogP contribution in [0.5, 0.6) is 17.2 Å². The molecule has 0 heterocycles. The van der Waals surface area contributed by atoms with Gasteiger partial charge in [-0.1, -0.05) is 6.92 Å². The first kappa shape index (κ1) is 18.6. The summed E-state index contributed by atoms with van der Waals surface area (Å²) in [4.78, 5) is 11.9. The van der Waals surface area contributed by atoms with Gasteiger partial charge in [0.15, 0.2) is 0 Å². The molecule has 2 aromatic rings. The molecular weight excluding hydrogens is 318 g/mol. The topological polar surface area (TPSA) is 56.8 Å². The Balaban J connectivity index is 1.66. The van der Waals surface area contributed by atoms with Crippen LogP contribution in [-0.2, 0) is 4.79 Å². The van der Waals surface area contributed by atoms with Crippen LogP contribution in [0, 0.1) is 0 Å². The molecule has 0 atom stereocenters. The average Bonchev–Trinajstić information content (AvgIpc) is 2.65. The zero-order chi connectivity index (χ0) is 17.9. The van der Waals surface area contributed by atoms with E-state index in [1.807, 2.05) is 48.5 Å². The fourth-order valence-electron chi connectivity index (χ4n) is 2.17. The Kier molecular flexibility index (Phi) is 7.63. The number of rotatable bonds is 10. The molecule has 5 nitrogen and oxygen atoms in total. The fraction of sp³-hybridized carbons (Fsp3) is 0.350. The SMILES string of the molecule is CCCOc1ccc(NC(=O)CCCOc2ccc(OC)cc2)cc1. The number of methoxy groups -OCH3 is 1. The van der Waals surface area contributed by atoms with Crippen LogP contribution in [-0.4, -0.2) is 26.2 Å². The van der Waals surface area contributed by atoms with E-state index < -0.39 is 0 Å². The number of hydrogen-bond donors (Lipinski definition) is 1. The van der Waals surface area contributed by atoms with Gasteiger partial charge in [-0.25, -0.2) is 0 Å². The Morgan fingerprint density at radius 2 is 1.44 bits per heavy atom. The second-order valence-electron chi connectivity index (χ2n) is 5.55. The molecule has 0 aliphatic rings. The average molecular weight is 343 g/mol. The predicted molar refractivity (Wildman–Crippen MR) is 98.6 cm³/mol. The molecule has 0 saturated carbocycles. The van der Waals surface area contributed by atoms with E-state index in [-0.39, 0.29) is 5.91 Å². The molecule has 0 bridgehead atoms. The summed E-state index contributed by atoms with van der Waals surface area (Å²) in [7, 11) is 1.63. The minimum Gasteiger partial charge on any atom is -0.497 e. The van der Waals surface area contributed by atoms with Crippen LogP contribution in [0.3, 0.4) is 0 Å². The van der Waals surface area contributed by atoms with E-state index >= 15 is 0 Å². The second kappa shape index (κ2) is 10.2. The molecule has 0 saturated heterocycles. The molecular formula is C20H25NO4. The van der Waals surface area contributed by atoms with Gasteiger partial charge >= 0.3 is 0 Å². The van der Waals surface area contributed by atoms with Crippen molar-refractivity contribution >= 4 is 11.6 Å². The maximum atomic E-state index is 11.9. The highest BCUT2D eigenvalue weighted by atomic mass is 16.5. The lowest BCUT2D eigenvalue weighted by Crippen LogP contribution is -2.12. The number of hydrogen-bond acceptors (Lipinski definition) is 4. The van der Waals surface area contributed by atoms with Gasteiger partial charge in [0.2, 0.25) is 5.91 Å². The van der Waals surface area contributed by atoms with Gasteiger partial charge in [-0.3, -0.25) is 4.79 Å². The number of carbonyl (C=O) groups excluding carboxylic acids is 1. The summed E-state index contributed by atoms with van der Waals surface area (Å²) in [6.07, 6.45) is 2.02. The molecule has 0 aromatic heterocycles. The van der Waals surface area contributed by atoms with E-state index in [0.29, 0.717) is 26.1 Å². The van der Waals surface area contributed by atoms with E-state index in [1.165, 1.54) is 0 Å². The van der Waals surface area contributed by atoms with Crippen LogP contribution < -0.4 is 19.5 Å². The number of ether oxygens (including phenoxy) is 3. The summed E-state index contributed by atoms with van der Waals surface area (Å²) in [6.45, 7) is 3.25. The largest absolute Gasteiger partial charge is 0.497 e. The third kappa shape index (κ3) is 6.75. The molecule has 0 spiro atoms. The Labute approximate surface area is 148 Å². The number of benzene rings is 2. The molecule has 0 unspecified atom stereocenters. The van der Waals surface area contributed by atoms with Crippen molar-refractivity contribution in [2.24, 2.45) is 0 Å². The highest BCUT2D eigenvalue weighted by molar-refractivity contribution is 5.90. The summed E-state index contributed by atoms with van der Waals surface area (Å²) in [6, 6.07) is 14.8. The van der Waals surface area contributed by atoms with E-state index in [9.17, 15) is 4.79 Å². The molecule has 0 radical (unpaired) electrons. The van der Waals surface area contributed by atoms with Gasteiger partial charge in [-0.2, -0.15) is 0 Å². The van der Waals surface area contributed by atoms with E-state index in [1.54, 1.807) is 7.11 Å². The smallest absolute Gasteiger partial charge is 0.224 e. The molecule has 2 aromatic carbocycles. The Morgan fingerprint density at radius 1 is 0.880 bits per heavy atom. The highest BCUT2D eigenvalue weighted by Crippen LogP contribution is 2.18. The van der Waals surface area contributed by atoms with Crippen molar-refractivity contribution in [1.82, 2.24) is 0 Å². The lowest BCUT2D eigenvalue weighted by atomic mass is 10.2. The van der Waals surface area contributed by atoms with Crippen LogP contribution in [0.25, 0.3) is 0 Å². The standard InChI is InChI=1S/C20H25NO4/c1-3-14-24-18-8-6-16(7-9-18)21-20(22)5-4-15-25-19-12-10-17(23-2)11-13-19/h6-13H,3-5,14-15H2,1-2H3,(H,21,22). The van der Waals surface area contributed by atoms with Crippen molar-refractivity contribution in [3.63, 3.8) is 0 Å². The van der Waals surface area contributed by atoms with Crippen LogP contribution in [0.1, 0.15) is 26.2 Å². The third-order valence-electron chi connectivity index (χ3n) is 3.49. The molecule has 134 valence electrons. The molecule has 1 N–H and O–H groups in total. The van der Waals surface area contributed by atoms with E-state index in [4.69, 9.17) is 14.2 Å². The Morgan fingerprint density at radius 3 is 2.04 bits per heavy atom. The molecule has 5 heteroatoms. The first-order chi connectivity index (χ1) is 12.2. The molecule has 0 aliphatic heterocycles. The maximum absolute atomic E-state index is 11.9. The van der Waals surface area contributed by atoms with Gasteiger partial charge in [0.1, 0.15) is 17.2 Å². The van der Waals surface area contributed by atoms with Crippen molar-refractivity contribution in [1.29, 1.82) is 0 Å². The lowest BCUT2D eigenvalue weighted by Gasteiger charge is -2.09.